The molecular weight excluding hydrogens is 176 g/mol. The lowest BCUT2D eigenvalue weighted by atomic mass is 10.1. The summed E-state index contributed by atoms with van der Waals surface area (Å²) in [5.74, 6) is 0.902. The van der Waals surface area contributed by atoms with Crippen LogP contribution in [0.15, 0.2) is 24.3 Å². The van der Waals surface area contributed by atoms with E-state index < -0.39 is 0 Å². The summed E-state index contributed by atoms with van der Waals surface area (Å²) in [6.07, 6.45) is 6.19. The second kappa shape index (κ2) is 3.66. The summed E-state index contributed by atoms with van der Waals surface area (Å²) in [6, 6.07) is 5.57. The molecule has 2 heteroatoms. The van der Waals surface area contributed by atoms with E-state index in [-0.39, 0.29) is 0 Å². The maximum absolute atomic E-state index is 10.1. The number of carbonyl (C=O) groups is 1. The summed E-state index contributed by atoms with van der Waals surface area (Å²) in [4.78, 5) is 10.1. The van der Waals surface area contributed by atoms with Gasteiger partial charge in [-0.1, -0.05) is 18.2 Å². The molecule has 1 aliphatic rings. The molecule has 0 aromatic heterocycles. The number of phenols is 1. The summed E-state index contributed by atoms with van der Waals surface area (Å²) in [6.45, 7) is 0. The summed E-state index contributed by atoms with van der Waals surface area (Å²) in [5, 5.41) is 9.68. The predicted molar refractivity (Wildman–Crippen MR) is 55.2 cm³/mol. The summed E-state index contributed by atoms with van der Waals surface area (Å²) < 4.78 is 0. The molecule has 0 amide bonds. The molecule has 1 aromatic rings. The van der Waals surface area contributed by atoms with Gasteiger partial charge in [-0.15, -0.1) is 0 Å². The van der Waals surface area contributed by atoms with Gasteiger partial charge in [-0.25, -0.2) is 0 Å². The predicted octanol–water partition coefficient (Wildman–Crippen LogP) is 2.48. The quantitative estimate of drug-likeness (QED) is 0.584. The SMILES string of the molecule is O=CC=Cc1ccc(C2CC2)c(O)c1. The van der Waals surface area contributed by atoms with Crippen molar-refractivity contribution >= 4 is 12.4 Å². The van der Waals surface area contributed by atoms with Crippen LogP contribution < -0.4 is 0 Å². The number of benzene rings is 1. The van der Waals surface area contributed by atoms with E-state index in [1.807, 2.05) is 12.1 Å². The van der Waals surface area contributed by atoms with Crippen LogP contribution in [0.4, 0.5) is 0 Å². The Labute approximate surface area is 82.9 Å². The smallest absolute Gasteiger partial charge is 0.142 e. The Kier molecular flexibility index (Phi) is 2.35. The highest BCUT2D eigenvalue weighted by atomic mass is 16.3. The number of hydrogen-bond donors (Lipinski definition) is 1. The highest BCUT2D eigenvalue weighted by molar-refractivity contribution is 5.74. The van der Waals surface area contributed by atoms with E-state index in [1.54, 1.807) is 12.1 Å². The number of phenolic OH excluding ortho intramolecular Hbond substituents is 1. The first kappa shape index (κ1) is 9.00. The first-order valence-electron chi connectivity index (χ1n) is 4.76. The number of aromatic hydroxyl groups is 1. The average molecular weight is 188 g/mol. The van der Waals surface area contributed by atoms with Gasteiger partial charge in [0, 0.05) is 0 Å². The van der Waals surface area contributed by atoms with Gasteiger partial charge in [-0.2, -0.15) is 0 Å². The molecule has 0 bridgehead atoms. The molecule has 1 fully saturated rings. The van der Waals surface area contributed by atoms with Crippen molar-refractivity contribution in [2.75, 3.05) is 0 Å². The van der Waals surface area contributed by atoms with Crippen LogP contribution in [0.1, 0.15) is 29.9 Å². The molecule has 14 heavy (non-hydrogen) atoms. The zero-order valence-corrected chi connectivity index (χ0v) is 7.81. The molecule has 1 N–H and O–H groups in total. The van der Waals surface area contributed by atoms with Gasteiger partial charge >= 0.3 is 0 Å². The molecule has 1 aromatic carbocycles. The lowest BCUT2D eigenvalue weighted by Crippen LogP contribution is -1.82. The van der Waals surface area contributed by atoms with E-state index >= 15 is 0 Å². The molecule has 0 aliphatic heterocycles. The standard InChI is InChI=1S/C12H12O2/c13-7-1-2-9-3-6-11(10-4-5-10)12(14)8-9/h1-3,6-8,10,14H,4-5H2. The van der Waals surface area contributed by atoms with Gasteiger partial charge in [-0.05, 0) is 42.0 Å². The number of carbonyl (C=O) groups excluding carboxylic acids is 1. The number of rotatable bonds is 3. The molecule has 0 radical (unpaired) electrons. The number of hydrogen-bond acceptors (Lipinski definition) is 2. The first-order chi connectivity index (χ1) is 6.81. The number of allylic oxidation sites excluding steroid dienone is 1. The average Bonchev–Trinajstić information content (AvgIpc) is 2.98. The van der Waals surface area contributed by atoms with E-state index in [0.29, 0.717) is 11.7 Å². The molecule has 0 saturated heterocycles. The number of aldehydes is 1. The Morgan fingerprint density at radius 1 is 1.36 bits per heavy atom. The molecule has 1 saturated carbocycles. The maximum atomic E-state index is 10.1. The Morgan fingerprint density at radius 2 is 2.14 bits per heavy atom. The van der Waals surface area contributed by atoms with Crippen LogP contribution in [0.25, 0.3) is 6.08 Å². The Balaban J connectivity index is 2.25. The van der Waals surface area contributed by atoms with E-state index in [4.69, 9.17) is 0 Å². The lowest BCUT2D eigenvalue weighted by molar-refractivity contribution is -0.104. The van der Waals surface area contributed by atoms with Crippen molar-refractivity contribution in [3.8, 4) is 5.75 Å². The molecular formula is C12H12O2. The van der Waals surface area contributed by atoms with Gasteiger partial charge in [0.25, 0.3) is 0 Å². The van der Waals surface area contributed by atoms with Gasteiger partial charge in [0.2, 0.25) is 0 Å². The van der Waals surface area contributed by atoms with Crippen LogP contribution in [-0.4, -0.2) is 11.4 Å². The normalized spacial score (nSPS) is 16.0. The summed E-state index contributed by atoms with van der Waals surface area (Å²) in [7, 11) is 0. The molecule has 2 nitrogen and oxygen atoms in total. The first-order valence-corrected chi connectivity index (χ1v) is 4.76. The van der Waals surface area contributed by atoms with Crippen molar-refractivity contribution in [2.45, 2.75) is 18.8 Å². The fourth-order valence-corrected chi connectivity index (χ4v) is 1.55. The molecule has 1 aliphatic carbocycles. The second-order valence-corrected chi connectivity index (χ2v) is 3.59. The van der Waals surface area contributed by atoms with Crippen LogP contribution in [0, 0.1) is 0 Å². The van der Waals surface area contributed by atoms with Crippen LogP contribution in [0.3, 0.4) is 0 Å². The van der Waals surface area contributed by atoms with Crippen LogP contribution in [-0.2, 0) is 4.79 Å². The molecule has 0 spiro atoms. The van der Waals surface area contributed by atoms with E-state index in [2.05, 4.69) is 0 Å². The largest absolute Gasteiger partial charge is 0.508 e. The van der Waals surface area contributed by atoms with Gasteiger partial charge in [0.1, 0.15) is 12.0 Å². The van der Waals surface area contributed by atoms with Crippen molar-refractivity contribution in [1.82, 2.24) is 0 Å². The highest BCUT2D eigenvalue weighted by Crippen LogP contribution is 2.44. The molecule has 2 rings (SSSR count). The minimum atomic E-state index is 0.348. The minimum absolute atomic E-state index is 0.348. The third-order valence-electron chi connectivity index (χ3n) is 2.44. The topological polar surface area (TPSA) is 37.3 Å². The van der Waals surface area contributed by atoms with Crippen molar-refractivity contribution in [3.63, 3.8) is 0 Å². The maximum Gasteiger partial charge on any atom is 0.142 e. The van der Waals surface area contributed by atoms with E-state index in [0.717, 1.165) is 17.4 Å². The van der Waals surface area contributed by atoms with Crippen molar-refractivity contribution in [1.29, 1.82) is 0 Å². The molecule has 0 heterocycles. The zero-order chi connectivity index (χ0) is 9.97. The molecule has 0 atom stereocenters. The third kappa shape index (κ3) is 1.84. The Hall–Kier alpha value is -1.57. The van der Waals surface area contributed by atoms with Gasteiger partial charge in [-0.3, -0.25) is 4.79 Å². The monoisotopic (exact) mass is 188 g/mol. The summed E-state index contributed by atoms with van der Waals surface area (Å²) >= 11 is 0. The van der Waals surface area contributed by atoms with Crippen molar-refractivity contribution in [3.05, 3.63) is 35.4 Å². The molecule has 0 unspecified atom stereocenters. The zero-order valence-electron chi connectivity index (χ0n) is 7.81. The van der Waals surface area contributed by atoms with Crippen LogP contribution in [0.5, 0.6) is 5.75 Å². The fraction of sp³-hybridized carbons (Fsp3) is 0.250. The third-order valence-corrected chi connectivity index (χ3v) is 2.44. The second-order valence-electron chi connectivity index (χ2n) is 3.59. The van der Waals surface area contributed by atoms with Gasteiger partial charge in [0.05, 0.1) is 0 Å². The van der Waals surface area contributed by atoms with Crippen molar-refractivity contribution in [2.24, 2.45) is 0 Å². The van der Waals surface area contributed by atoms with Gasteiger partial charge < -0.3 is 5.11 Å². The minimum Gasteiger partial charge on any atom is -0.508 e. The highest BCUT2D eigenvalue weighted by Gasteiger charge is 2.25. The lowest BCUT2D eigenvalue weighted by Gasteiger charge is -2.02. The Bertz CT molecular complexity index is 376. The molecule has 72 valence electrons. The van der Waals surface area contributed by atoms with E-state index in [1.165, 1.54) is 18.9 Å². The Morgan fingerprint density at radius 3 is 2.71 bits per heavy atom. The van der Waals surface area contributed by atoms with Crippen molar-refractivity contribution < 1.29 is 9.90 Å². The fourth-order valence-electron chi connectivity index (χ4n) is 1.55. The van der Waals surface area contributed by atoms with Gasteiger partial charge in [0.15, 0.2) is 0 Å². The van der Waals surface area contributed by atoms with Crippen LogP contribution >= 0.6 is 0 Å². The summed E-state index contributed by atoms with van der Waals surface area (Å²) in [5.41, 5.74) is 1.90. The van der Waals surface area contributed by atoms with Crippen LogP contribution in [0.2, 0.25) is 0 Å². The van der Waals surface area contributed by atoms with E-state index in [9.17, 15) is 9.90 Å².